The first-order chi connectivity index (χ1) is 17.4. The van der Waals surface area contributed by atoms with Gasteiger partial charge in [-0.25, -0.2) is 18.4 Å². The molecule has 0 spiro atoms. The average Bonchev–Trinajstić information content (AvgIpc) is 3.37. The highest BCUT2D eigenvalue weighted by molar-refractivity contribution is 7.92. The van der Waals surface area contributed by atoms with E-state index >= 15 is 0 Å². The van der Waals surface area contributed by atoms with Gasteiger partial charge in [0.25, 0.3) is 0 Å². The van der Waals surface area contributed by atoms with Crippen LogP contribution in [0.5, 0.6) is 0 Å². The predicted molar refractivity (Wildman–Crippen MR) is 146 cm³/mol. The van der Waals surface area contributed by atoms with Crippen molar-refractivity contribution in [2.45, 2.75) is 49.8 Å². The molecule has 36 heavy (non-hydrogen) atoms. The first-order valence-corrected chi connectivity index (χ1v) is 14.2. The summed E-state index contributed by atoms with van der Waals surface area (Å²) in [6.45, 7) is 4.76. The van der Waals surface area contributed by atoms with Crippen LogP contribution in [0.1, 0.15) is 43.7 Å². The fourth-order valence-corrected chi connectivity index (χ4v) is 6.77. The molecule has 7 nitrogen and oxygen atoms in total. The molecule has 2 unspecified atom stereocenters. The lowest BCUT2D eigenvalue weighted by Crippen LogP contribution is -2.48. The number of fused-ring (bicyclic) bond motifs is 1. The van der Waals surface area contributed by atoms with E-state index in [-0.39, 0.29) is 5.92 Å². The van der Waals surface area contributed by atoms with Crippen molar-refractivity contribution in [3.63, 3.8) is 0 Å². The maximum absolute atomic E-state index is 13.3. The monoisotopic (exact) mass is 523 g/mol. The Morgan fingerprint density at radius 3 is 2.72 bits per heavy atom. The van der Waals surface area contributed by atoms with Crippen LogP contribution in [0.15, 0.2) is 60.9 Å². The summed E-state index contributed by atoms with van der Waals surface area (Å²) >= 11 is 6.75. The number of halogens is 1. The Kier molecular flexibility index (Phi) is 7.01. The minimum atomic E-state index is -3.41. The molecule has 4 aromatic rings. The highest BCUT2D eigenvalue weighted by atomic mass is 35.5. The number of rotatable bonds is 7. The molecule has 1 aliphatic heterocycles. The molecule has 1 aliphatic rings. The fraction of sp³-hybridized carbons (Fsp3) is 0.333. The Labute approximate surface area is 216 Å². The van der Waals surface area contributed by atoms with Gasteiger partial charge in [0.1, 0.15) is 16.8 Å². The number of hydrogen-bond donors (Lipinski definition) is 3. The third-order valence-corrected chi connectivity index (χ3v) is 9.65. The highest BCUT2D eigenvalue weighted by Crippen LogP contribution is 2.42. The zero-order valence-electron chi connectivity index (χ0n) is 20.3. The smallest absolute Gasteiger partial charge is 0.169 e. The zero-order chi connectivity index (χ0) is 25.3. The van der Waals surface area contributed by atoms with Gasteiger partial charge in [-0.1, -0.05) is 41.9 Å². The molecular weight excluding hydrogens is 494 g/mol. The summed E-state index contributed by atoms with van der Waals surface area (Å²) < 4.78 is 26.7. The van der Waals surface area contributed by atoms with Crippen LogP contribution < -0.4 is 10.6 Å². The van der Waals surface area contributed by atoms with Crippen LogP contribution in [-0.4, -0.2) is 40.5 Å². The summed E-state index contributed by atoms with van der Waals surface area (Å²) in [6, 6.07) is 15.7. The van der Waals surface area contributed by atoms with Gasteiger partial charge >= 0.3 is 0 Å². The van der Waals surface area contributed by atoms with Crippen LogP contribution in [0.4, 0.5) is 5.82 Å². The molecule has 0 saturated carbocycles. The number of piperidine rings is 1. The summed E-state index contributed by atoms with van der Waals surface area (Å²) in [5.41, 5.74) is 4.14. The van der Waals surface area contributed by atoms with E-state index in [4.69, 9.17) is 16.6 Å². The molecule has 2 atom stereocenters. The number of hydrogen-bond acceptors (Lipinski definition) is 6. The number of pyridine rings is 2. The number of nitrogens with zero attached hydrogens (tertiary/aromatic N) is 2. The lowest BCUT2D eigenvalue weighted by Gasteiger charge is -2.34. The van der Waals surface area contributed by atoms with E-state index in [1.807, 2.05) is 42.6 Å². The van der Waals surface area contributed by atoms with Crippen molar-refractivity contribution in [3.8, 4) is 11.3 Å². The molecule has 1 aromatic carbocycles. The van der Waals surface area contributed by atoms with Gasteiger partial charge in [-0.15, -0.1) is 0 Å². The minimum Gasteiger partial charge on any atom is -0.366 e. The van der Waals surface area contributed by atoms with Gasteiger partial charge in [0, 0.05) is 35.8 Å². The van der Waals surface area contributed by atoms with Crippen molar-refractivity contribution < 1.29 is 8.42 Å². The number of nitrogens with one attached hydrogen (secondary N) is 3. The van der Waals surface area contributed by atoms with Gasteiger partial charge in [-0.2, -0.15) is 0 Å². The molecule has 0 aliphatic carbocycles. The quantitative estimate of drug-likeness (QED) is 0.295. The lowest BCUT2D eigenvalue weighted by atomic mass is 9.87. The van der Waals surface area contributed by atoms with Gasteiger partial charge in [-0.05, 0) is 62.6 Å². The fourth-order valence-electron chi connectivity index (χ4n) is 4.89. The van der Waals surface area contributed by atoms with Crippen molar-refractivity contribution in [2.75, 3.05) is 11.9 Å². The molecule has 3 aromatic heterocycles. The van der Waals surface area contributed by atoms with Crippen molar-refractivity contribution in [1.82, 2.24) is 20.3 Å². The number of anilines is 1. The Hall–Kier alpha value is -2.94. The van der Waals surface area contributed by atoms with E-state index in [0.717, 1.165) is 34.9 Å². The molecule has 0 bridgehead atoms. The summed E-state index contributed by atoms with van der Waals surface area (Å²) in [5.74, 6) is 0.421. The van der Waals surface area contributed by atoms with E-state index in [9.17, 15) is 8.42 Å². The summed E-state index contributed by atoms with van der Waals surface area (Å²) in [4.78, 5) is 12.7. The minimum absolute atomic E-state index is 0.272. The molecule has 0 amide bonds. The maximum atomic E-state index is 13.3. The molecule has 0 radical (unpaired) electrons. The molecule has 188 valence electrons. The highest BCUT2D eigenvalue weighted by Gasteiger charge is 2.39. The van der Waals surface area contributed by atoms with E-state index < -0.39 is 20.5 Å². The molecule has 9 heteroatoms. The molecule has 3 N–H and O–H groups in total. The molecule has 1 saturated heterocycles. The number of sulfone groups is 1. The van der Waals surface area contributed by atoms with Gasteiger partial charge in [0.2, 0.25) is 0 Å². The Bertz CT molecular complexity index is 1470. The first-order valence-electron chi connectivity index (χ1n) is 12.2. The van der Waals surface area contributed by atoms with Crippen LogP contribution >= 0.6 is 11.6 Å². The van der Waals surface area contributed by atoms with Crippen LogP contribution in [-0.2, 0) is 16.4 Å². The number of aromatic nitrogens is 3. The normalized spacial score (nSPS) is 18.6. The Morgan fingerprint density at radius 1 is 1.14 bits per heavy atom. The second kappa shape index (κ2) is 10.2. The van der Waals surface area contributed by atoms with E-state index in [0.29, 0.717) is 35.3 Å². The van der Waals surface area contributed by atoms with Gasteiger partial charge in [0.05, 0.1) is 16.0 Å². The summed E-state index contributed by atoms with van der Waals surface area (Å²) in [5, 5.41) is 6.86. The van der Waals surface area contributed by atoms with Crippen molar-refractivity contribution in [3.05, 3.63) is 77.1 Å². The van der Waals surface area contributed by atoms with Crippen LogP contribution in [0.25, 0.3) is 22.3 Å². The SMILES string of the molecule is CC(C)S(=O)(=O)C1NCCCC1c1cnc2[nH]ccc2c1-c1nc(NCc2ccccc2)ccc1Cl. The second-order valence-electron chi connectivity index (χ2n) is 9.46. The van der Waals surface area contributed by atoms with Gasteiger partial charge in [-0.3, -0.25) is 0 Å². The van der Waals surface area contributed by atoms with Crippen molar-refractivity contribution in [1.29, 1.82) is 0 Å². The first kappa shape index (κ1) is 24.7. The van der Waals surface area contributed by atoms with Crippen molar-refractivity contribution in [2.24, 2.45) is 0 Å². The van der Waals surface area contributed by atoms with Crippen molar-refractivity contribution >= 4 is 38.3 Å². The topological polar surface area (TPSA) is 99.8 Å². The number of benzene rings is 1. The third kappa shape index (κ3) is 4.73. The van der Waals surface area contributed by atoms with E-state index in [1.165, 1.54) is 0 Å². The molecular formula is C27H30ClN5O2S. The lowest BCUT2D eigenvalue weighted by molar-refractivity contribution is 0.410. The van der Waals surface area contributed by atoms with Crippen LogP contribution in [0, 0.1) is 0 Å². The van der Waals surface area contributed by atoms with Crippen LogP contribution in [0.2, 0.25) is 5.02 Å². The predicted octanol–water partition coefficient (Wildman–Crippen LogP) is 5.51. The summed E-state index contributed by atoms with van der Waals surface area (Å²) in [6.07, 6.45) is 5.23. The average molecular weight is 524 g/mol. The van der Waals surface area contributed by atoms with Crippen LogP contribution in [0.3, 0.4) is 0 Å². The standard InChI is InChI=1S/C27H30ClN5O2S/c1-17(2)36(34,35)27-19(9-6-13-30-27)21-16-32-26-20(12-14-29-26)24(21)25-22(28)10-11-23(33-25)31-15-18-7-4-3-5-8-18/h3-5,7-8,10-12,14,16-17,19,27,30H,6,9,13,15H2,1-2H3,(H,29,32)(H,31,33). The van der Waals surface area contributed by atoms with Gasteiger partial charge in [0.15, 0.2) is 9.84 Å². The van der Waals surface area contributed by atoms with E-state index in [2.05, 4.69) is 32.7 Å². The summed E-state index contributed by atoms with van der Waals surface area (Å²) in [7, 11) is -3.41. The Balaban J connectivity index is 1.61. The van der Waals surface area contributed by atoms with Gasteiger partial charge < -0.3 is 15.6 Å². The molecule has 4 heterocycles. The Morgan fingerprint density at radius 2 is 1.94 bits per heavy atom. The second-order valence-corrected chi connectivity index (χ2v) is 12.5. The molecule has 1 fully saturated rings. The number of aromatic amines is 1. The third-order valence-electron chi connectivity index (χ3n) is 6.83. The largest absolute Gasteiger partial charge is 0.366 e. The van der Waals surface area contributed by atoms with E-state index in [1.54, 1.807) is 20.0 Å². The molecule has 5 rings (SSSR count). The zero-order valence-corrected chi connectivity index (χ0v) is 21.9. The maximum Gasteiger partial charge on any atom is 0.169 e. The number of H-pyrrole nitrogens is 1.